The highest BCUT2D eigenvalue weighted by molar-refractivity contribution is 6.04. The van der Waals surface area contributed by atoms with Crippen molar-refractivity contribution in [2.75, 3.05) is 5.32 Å². The van der Waals surface area contributed by atoms with Crippen molar-refractivity contribution in [3.63, 3.8) is 0 Å². The molecule has 0 radical (unpaired) electrons. The van der Waals surface area contributed by atoms with Gasteiger partial charge in [0.25, 0.3) is 5.91 Å². The Kier molecular flexibility index (Phi) is 6.27. The molecule has 1 aromatic carbocycles. The lowest BCUT2D eigenvalue weighted by Gasteiger charge is -2.30. The number of aryl methyl sites for hydroxylation is 1. The second kappa shape index (κ2) is 8.86. The zero-order chi connectivity index (χ0) is 23.9. The molecular formula is C26H33FN4O2. The van der Waals surface area contributed by atoms with Crippen LogP contribution in [0.2, 0.25) is 0 Å². The average molecular weight is 453 g/mol. The number of aliphatic hydroxyl groups is 1. The number of carbonyl (C=O) groups is 1. The molecule has 0 saturated heterocycles. The van der Waals surface area contributed by atoms with E-state index < -0.39 is 17.3 Å². The van der Waals surface area contributed by atoms with Crippen LogP contribution < -0.4 is 5.32 Å². The molecule has 3 aromatic rings. The predicted molar refractivity (Wildman–Crippen MR) is 128 cm³/mol. The number of aromatic nitrogens is 3. The number of pyridine rings is 1. The zero-order valence-electron chi connectivity index (χ0n) is 20.0. The van der Waals surface area contributed by atoms with Gasteiger partial charge in [-0.05, 0) is 82.6 Å². The van der Waals surface area contributed by atoms with Gasteiger partial charge in [0.15, 0.2) is 0 Å². The van der Waals surface area contributed by atoms with E-state index in [-0.39, 0.29) is 11.4 Å². The Hall–Kier alpha value is -2.80. The lowest BCUT2D eigenvalue weighted by molar-refractivity contribution is 0.0793. The Bertz CT molecular complexity index is 1170. The molecule has 0 atom stereocenters. The smallest absolute Gasteiger partial charge is 0.274 e. The van der Waals surface area contributed by atoms with Gasteiger partial charge in [-0.2, -0.15) is 5.10 Å². The van der Waals surface area contributed by atoms with Crippen molar-refractivity contribution in [3.05, 3.63) is 53.2 Å². The number of nitrogens with zero attached hydrogens (tertiary/aromatic N) is 3. The van der Waals surface area contributed by atoms with Gasteiger partial charge >= 0.3 is 0 Å². The highest BCUT2D eigenvalue weighted by Gasteiger charge is 2.27. The fourth-order valence-electron chi connectivity index (χ4n) is 4.78. The molecule has 4 rings (SSSR count). The summed E-state index contributed by atoms with van der Waals surface area (Å²) in [5.41, 5.74) is 0.930. The summed E-state index contributed by atoms with van der Waals surface area (Å²) in [6.07, 6.45) is 6.65. The summed E-state index contributed by atoms with van der Waals surface area (Å²) in [7, 11) is 0. The first-order valence-electron chi connectivity index (χ1n) is 11.7. The molecule has 0 bridgehead atoms. The van der Waals surface area contributed by atoms with Gasteiger partial charge in [0.05, 0.1) is 22.9 Å². The minimum Gasteiger partial charge on any atom is -0.386 e. The zero-order valence-corrected chi connectivity index (χ0v) is 20.0. The molecule has 33 heavy (non-hydrogen) atoms. The van der Waals surface area contributed by atoms with Crippen LogP contribution in [0, 0.1) is 24.6 Å². The van der Waals surface area contributed by atoms with Crippen LogP contribution in [0.4, 0.5) is 10.1 Å². The van der Waals surface area contributed by atoms with Crippen LogP contribution in [-0.2, 0) is 5.60 Å². The van der Waals surface area contributed by atoms with E-state index in [1.54, 1.807) is 13.8 Å². The maximum absolute atomic E-state index is 13.6. The van der Waals surface area contributed by atoms with Gasteiger partial charge in [-0.15, -0.1) is 0 Å². The summed E-state index contributed by atoms with van der Waals surface area (Å²) in [4.78, 5) is 16.9. The minimum absolute atomic E-state index is 0.119. The standard InChI is InChI=1S/C26H33FN4O2/c1-15(2)17-6-8-19(9-7-17)31-14-18-12-24(20(26(4,5)33)13-23(18)30-31)29-25(32)22-11-10-21(27)16(3)28-22/h10-15,17,19,33H,6-9H2,1-5H3,(H,29,32)/t17-,19-. The topological polar surface area (TPSA) is 80.0 Å². The third-order valence-corrected chi connectivity index (χ3v) is 6.88. The first-order chi connectivity index (χ1) is 15.5. The molecule has 7 heteroatoms. The average Bonchev–Trinajstić information content (AvgIpc) is 3.17. The fraction of sp³-hybridized carbons (Fsp3) is 0.500. The van der Waals surface area contributed by atoms with Crippen LogP contribution in [0.5, 0.6) is 0 Å². The number of fused-ring (bicyclic) bond motifs is 1. The lowest BCUT2D eigenvalue weighted by atomic mass is 9.80. The molecular weight excluding hydrogens is 419 g/mol. The van der Waals surface area contributed by atoms with E-state index >= 15 is 0 Å². The number of hydrogen-bond donors (Lipinski definition) is 2. The number of halogens is 1. The maximum Gasteiger partial charge on any atom is 0.274 e. The summed E-state index contributed by atoms with van der Waals surface area (Å²) in [5.74, 6) is 0.573. The van der Waals surface area contributed by atoms with Crippen molar-refractivity contribution in [2.45, 2.75) is 71.9 Å². The maximum atomic E-state index is 13.6. The Morgan fingerprint density at radius 2 is 1.91 bits per heavy atom. The SMILES string of the molecule is Cc1nc(C(=O)Nc2cc3cn([C@H]4CC[C@H](C(C)C)CC4)nc3cc2C(C)(C)O)ccc1F. The minimum atomic E-state index is -1.19. The second-order valence-corrected chi connectivity index (χ2v) is 10.2. The number of anilines is 1. The molecule has 2 heterocycles. The van der Waals surface area contributed by atoms with Crippen LogP contribution in [0.1, 0.15) is 81.2 Å². The van der Waals surface area contributed by atoms with Crippen molar-refractivity contribution in [1.82, 2.24) is 14.8 Å². The molecule has 0 unspecified atom stereocenters. The summed E-state index contributed by atoms with van der Waals surface area (Å²) >= 11 is 0. The highest BCUT2D eigenvalue weighted by atomic mass is 19.1. The Morgan fingerprint density at radius 1 is 1.21 bits per heavy atom. The van der Waals surface area contributed by atoms with E-state index in [1.807, 2.05) is 23.0 Å². The molecule has 2 aromatic heterocycles. The molecule has 1 amide bonds. The number of carbonyl (C=O) groups excluding carboxylic acids is 1. The molecule has 0 spiro atoms. The Labute approximate surface area is 194 Å². The molecule has 1 aliphatic rings. The van der Waals surface area contributed by atoms with Gasteiger partial charge in [-0.3, -0.25) is 9.48 Å². The van der Waals surface area contributed by atoms with Crippen LogP contribution >= 0.6 is 0 Å². The van der Waals surface area contributed by atoms with E-state index in [0.29, 0.717) is 23.2 Å². The Morgan fingerprint density at radius 3 is 2.52 bits per heavy atom. The normalized spacial score (nSPS) is 19.3. The number of hydrogen-bond acceptors (Lipinski definition) is 4. The van der Waals surface area contributed by atoms with Gasteiger partial charge < -0.3 is 10.4 Å². The van der Waals surface area contributed by atoms with E-state index in [2.05, 4.69) is 24.1 Å². The van der Waals surface area contributed by atoms with Crippen LogP contribution in [0.25, 0.3) is 10.9 Å². The van der Waals surface area contributed by atoms with Crippen molar-refractivity contribution in [3.8, 4) is 0 Å². The van der Waals surface area contributed by atoms with Gasteiger partial charge in [0.1, 0.15) is 11.5 Å². The van der Waals surface area contributed by atoms with Crippen molar-refractivity contribution >= 4 is 22.5 Å². The summed E-state index contributed by atoms with van der Waals surface area (Å²) in [6, 6.07) is 6.63. The van der Waals surface area contributed by atoms with Gasteiger partial charge in [0.2, 0.25) is 0 Å². The van der Waals surface area contributed by atoms with Gasteiger partial charge in [-0.1, -0.05) is 13.8 Å². The van der Waals surface area contributed by atoms with E-state index in [9.17, 15) is 14.3 Å². The first kappa shape index (κ1) is 23.4. The third-order valence-electron chi connectivity index (χ3n) is 6.88. The van der Waals surface area contributed by atoms with Crippen LogP contribution in [0.15, 0.2) is 30.5 Å². The highest BCUT2D eigenvalue weighted by Crippen LogP contribution is 2.37. The largest absolute Gasteiger partial charge is 0.386 e. The number of benzene rings is 1. The van der Waals surface area contributed by atoms with Crippen molar-refractivity contribution in [2.24, 2.45) is 11.8 Å². The summed E-state index contributed by atoms with van der Waals surface area (Å²) in [6.45, 7) is 9.46. The first-order valence-corrected chi connectivity index (χ1v) is 11.7. The molecule has 6 nitrogen and oxygen atoms in total. The quantitative estimate of drug-likeness (QED) is 0.517. The van der Waals surface area contributed by atoms with E-state index in [1.165, 1.54) is 31.9 Å². The summed E-state index contributed by atoms with van der Waals surface area (Å²) < 4.78 is 15.6. The van der Waals surface area contributed by atoms with Gasteiger partial charge in [-0.25, -0.2) is 9.37 Å². The van der Waals surface area contributed by atoms with Crippen LogP contribution in [0.3, 0.4) is 0 Å². The fourth-order valence-corrected chi connectivity index (χ4v) is 4.78. The molecule has 1 saturated carbocycles. The Balaban J connectivity index is 1.64. The molecule has 0 aliphatic heterocycles. The second-order valence-electron chi connectivity index (χ2n) is 10.2. The monoisotopic (exact) mass is 452 g/mol. The number of nitrogens with one attached hydrogen (secondary N) is 1. The van der Waals surface area contributed by atoms with Crippen LogP contribution in [-0.4, -0.2) is 25.8 Å². The van der Waals surface area contributed by atoms with Crippen molar-refractivity contribution < 1.29 is 14.3 Å². The van der Waals surface area contributed by atoms with E-state index in [0.717, 1.165) is 29.7 Å². The van der Waals surface area contributed by atoms with Crippen molar-refractivity contribution in [1.29, 1.82) is 0 Å². The van der Waals surface area contributed by atoms with E-state index in [4.69, 9.17) is 5.10 Å². The lowest BCUT2D eigenvalue weighted by Crippen LogP contribution is -2.21. The third kappa shape index (κ3) is 4.93. The molecule has 1 fully saturated rings. The number of amides is 1. The molecule has 176 valence electrons. The van der Waals surface area contributed by atoms with Gasteiger partial charge in [0, 0.05) is 22.8 Å². The predicted octanol–water partition coefficient (Wildman–Crippen LogP) is 5.75. The molecule has 1 aliphatic carbocycles. The number of rotatable bonds is 5. The summed E-state index contributed by atoms with van der Waals surface area (Å²) in [5, 5.41) is 19.4. The molecule has 2 N–H and O–H groups in total.